The average molecular weight is 68.1 g/mol. The van der Waals surface area contributed by atoms with Crippen LogP contribution in [-0.4, -0.2) is 0 Å². The normalized spacial score (nSPS) is 8.80. The van der Waals surface area contributed by atoms with Crippen LogP contribution in [0.3, 0.4) is 0 Å². The Morgan fingerprint density at radius 1 is 1.60 bits per heavy atom. The second-order valence-corrected chi connectivity index (χ2v) is 0.521. The fourth-order valence-corrected chi connectivity index (χ4v) is 0.0454. The molecule has 0 aromatic carbocycles. The maximum absolute atomic E-state index is 9.24. The molecule has 0 aromatic heterocycles. The number of hydrogen-bond donors (Lipinski definition) is 0. The molecule has 0 radical (unpaired) electrons. The first-order chi connectivity index (χ1) is 2.41. The molecule has 0 bridgehead atoms. The van der Waals surface area contributed by atoms with Crippen molar-refractivity contribution in [2.24, 2.45) is 0 Å². The molecule has 0 rings (SSSR count). The smallest absolute Gasteiger partial charge is 0.226 e. The molecular formula is C4H4O-2. The molecule has 0 amide bonds. The van der Waals surface area contributed by atoms with Gasteiger partial charge in [-0.25, -0.2) is 18.4 Å². The van der Waals surface area contributed by atoms with E-state index >= 15 is 0 Å². The third-order valence-corrected chi connectivity index (χ3v) is 0.190. The molecule has 0 N–H and O–H groups in total. The molecule has 0 heterocycles. The summed E-state index contributed by atoms with van der Waals surface area (Å²) in [5.74, 6) is 0. The quantitative estimate of drug-likeness (QED) is 0.238. The van der Waals surface area contributed by atoms with Gasteiger partial charge in [0.1, 0.15) is 0 Å². The predicted molar refractivity (Wildman–Crippen MR) is 18.0 cm³/mol. The summed E-state index contributed by atoms with van der Waals surface area (Å²) < 4.78 is 0. The van der Waals surface area contributed by atoms with E-state index in [2.05, 4.69) is 0 Å². The van der Waals surface area contributed by atoms with Gasteiger partial charge >= 0.3 is 0 Å². The Balaban J connectivity index is 2.92. The Kier molecular flexibility index (Phi) is 2.81. The molecule has 0 atom stereocenters. The van der Waals surface area contributed by atoms with Gasteiger partial charge in [-0.3, -0.25) is 6.58 Å². The fraction of sp³-hybridized carbons (Fsp3) is 0. The third kappa shape index (κ3) is 3.28. The van der Waals surface area contributed by atoms with Gasteiger partial charge in [-0.1, -0.05) is 0 Å². The topological polar surface area (TPSA) is 23.1 Å². The number of hydrogen-bond acceptors (Lipinski definition) is 1. The molecule has 5 heavy (non-hydrogen) atoms. The summed E-state index contributed by atoms with van der Waals surface area (Å²) in [7, 11) is 0. The Morgan fingerprint density at radius 2 is 2.20 bits per heavy atom. The Morgan fingerprint density at radius 3 is 2.20 bits per heavy atom. The Labute approximate surface area is 31.2 Å². The minimum Gasteiger partial charge on any atom is -0.891 e. The van der Waals surface area contributed by atoms with E-state index in [1.807, 2.05) is 0 Å². The molecule has 0 saturated carbocycles. The van der Waals surface area contributed by atoms with Gasteiger partial charge < -0.3 is 5.11 Å². The van der Waals surface area contributed by atoms with Crippen LogP contribution in [-0.2, 0) is 0 Å². The highest BCUT2D eigenvalue weighted by atomic mass is 16.2. The van der Waals surface area contributed by atoms with Crippen LogP contribution in [0.1, 0.15) is 0 Å². The van der Waals surface area contributed by atoms with Crippen LogP contribution in [0.4, 0.5) is 0 Å². The second kappa shape index (κ2) is 3.28. The van der Waals surface area contributed by atoms with Crippen molar-refractivity contribution in [3.05, 3.63) is 25.0 Å². The highest BCUT2D eigenvalue weighted by Gasteiger charge is 1.20. The first kappa shape index (κ1) is 4.28. The summed E-state index contributed by atoms with van der Waals surface area (Å²) in [6, 6.07) is 0. The maximum atomic E-state index is 9.24. The highest BCUT2D eigenvalue weighted by Crippen LogP contribution is 1.57. The third-order valence-electron chi connectivity index (χ3n) is 0.190. The minimum absolute atomic E-state index is 0.625. The lowest BCUT2D eigenvalue weighted by Crippen LogP contribution is -1.81. The lowest BCUT2D eigenvalue weighted by molar-refractivity contribution is -0.274. The van der Waals surface area contributed by atoms with E-state index in [-0.39, 0.29) is 0 Å². The van der Waals surface area contributed by atoms with Crippen molar-refractivity contribution in [2.45, 2.75) is 0 Å². The van der Waals surface area contributed by atoms with Gasteiger partial charge in [-0.15, -0.1) is 0 Å². The van der Waals surface area contributed by atoms with Gasteiger partial charge in [-0.05, 0) is 0 Å². The molecule has 0 aromatic rings. The van der Waals surface area contributed by atoms with Crippen molar-refractivity contribution >= 4 is 0 Å². The zero-order valence-electron chi connectivity index (χ0n) is 2.72. The highest BCUT2D eigenvalue weighted by molar-refractivity contribution is 4.88. The van der Waals surface area contributed by atoms with Gasteiger partial charge in [0, 0.05) is 0 Å². The Hall–Kier alpha value is -0.720. The summed E-state index contributed by atoms with van der Waals surface area (Å²) in [6.07, 6.45) is 3.03. The molecule has 28 valence electrons. The Bertz CT molecular complexity index is 45.6. The fourth-order valence-electron chi connectivity index (χ4n) is 0.0454. The van der Waals surface area contributed by atoms with Crippen LogP contribution in [0.5, 0.6) is 0 Å². The number of allylic oxidation sites excluding steroid dienone is 2. The van der Waals surface area contributed by atoms with Gasteiger partial charge in [-0.2, -0.15) is 0 Å². The number of rotatable bonds is 1. The SMILES string of the molecule is [CH-]=C/C=C/[O-]. The van der Waals surface area contributed by atoms with Crippen LogP contribution in [0.15, 0.2) is 18.4 Å². The van der Waals surface area contributed by atoms with E-state index in [1.54, 1.807) is 0 Å². The van der Waals surface area contributed by atoms with E-state index in [4.69, 9.17) is 6.58 Å². The van der Waals surface area contributed by atoms with E-state index in [9.17, 15) is 5.11 Å². The summed E-state index contributed by atoms with van der Waals surface area (Å²) >= 11 is 0. The van der Waals surface area contributed by atoms with E-state index in [0.29, 0.717) is 6.26 Å². The van der Waals surface area contributed by atoms with Gasteiger partial charge in [0.05, 0.1) is 0 Å². The van der Waals surface area contributed by atoms with E-state index in [1.165, 1.54) is 12.2 Å². The molecule has 0 aliphatic carbocycles. The van der Waals surface area contributed by atoms with Gasteiger partial charge in [0.25, 0.3) is 0 Å². The van der Waals surface area contributed by atoms with Crippen molar-refractivity contribution in [1.29, 1.82) is 0 Å². The molecule has 1 nitrogen and oxygen atoms in total. The molecule has 0 fully saturated rings. The first-order valence-corrected chi connectivity index (χ1v) is 1.24. The van der Waals surface area contributed by atoms with E-state index in [0.717, 1.165) is 0 Å². The van der Waals surface area contributed by atoms with E-state index < -0.39 is 0 Å². The first-order valence-electron chi connectivity index (χ1n) is 1.24. The zero-order valence-corrected chi connectivity index (χ0v) is 2.72. The molecule has 0 spiro atoms. The minimum atomic E-state index is 0.625. The lowest BCUT2D eigenvalue weighted by Gasteiger charge is -1.86. The lowest BCUT2D eigenvalue weighted by atomic mass is 10.6. The standard InChI is InChI=1S/C4H5O/c1-2-3-4-5/h1-5H/q-1/p-1/b4-3+. The molecule has 0 aliphatic heterocycles. The largest absolute Gasteiger partial charge is 0.891 e. The van der Waals surface area contributed by atoms with Gasteiger partial charge in [0.2, 0.25) is 0 Å². The van der Waals surface area contributed by atoms with Crippen LogP contribution in [0.25, 0.3) is 0 Å². The monoisotopic (exact) mass is 68.0 g/mol. The maximum Gasteiger partial charge on any atom is -0.226 e. The average Bonchev–Trinajstić information content (AvgIpc) is 1.41. The van der Waals surface area contributed by atoms with Crippen LogP contribution in [0, 0.1) is 6.58 Å². The predicted octanol–water partition coefficient (Wildman–Crippen LogP) is -0.150. The molecule has 0 saturated heterocycles. The molecular weight excluding hydrogens is 64.0 g/mol. The second-order valence-electron chi connectivity index (χ2n) is 0.521. The summed E-state index contributed by atoms with van der Waals surface area (Å²) in [6.45, 7) is 4.73. The van der Waals surface area contributed by atoms with Crippen LogP contribution < -0.4 is 5.11 Å². The summed E-state index contributed by atoms with van der Waals surface area (Å²) in [5, 5.41) is 9.24. The van der Waals surface area contributed by atoms with Crippen LogP contribution >= 0.6 is 0 Å². The van der Waals surface area contributed by atoms with Crippen molar-refractivity contribution < 1.29 is 5.11 Å². The van der Waals surface area contributed by atoms with Crippen molar-refractivity contribution in [3.8, 4) is 0 Å². The van der Waals surface area contributed by atoms with Crippen molar-refractivity contribution in [3.63, 3.8) is 0 Å². The van der Waals surface area contributed by atoms with Crippen molar-refractivity contribution in [1.82, 2.24) is 0 Å². The van der Waals surface area contributed by atoms with Gasteiger partial charge in [0.15, 0.2) is 0 Å². The van der Waals surface area contributed by atoms with Crippen LogP contribution in [0.2, 0.25) is 0 Å². The summed E-state index contributed by atoms with van der Waals surface area (Å²) in [5.41, 5.74) is 0. The molecule has 1 heteroatoms. The molecule has 0 aliphatic rings. The van der Waals surface area contributed by atoms with Crippen molar-refractivity contribution in [2.75, 3.05) is 0 Å². The zero-order chi connectivity index (χ0) is 4.12. The summed E-state index contributed by atoms with van der Waals surface area (Å²) in [4.78, 5) is 0. The molecule has 0 unspecified atom stereocenters.